The first-order valence-electron chi connectivity index (χ1n) is 10.0. The van der Waals surface area contributed by atoms with Gasteiger partial charge in [0.1, 0.15) is 17.6 Å². The van der Waals surface area contributed by atoms with Crippen molar-refractivity contribution >= 4 is 45.2 Å². The second kappa shape index (κ2) is 11.7. The molecule has 0 aliphatic heterocycles. The van der Waals surface area contributed by atoms with Gasteiger partial charge in [0.05, 0.1) is 4.47 Å². The van der Waals surface area contributed by atoms with E-state index in [1.807, 2.05) is 37.3 Å². The number of carbonyl (C=O) groups is 2. The van der Waals surface area contributed by atoms with Crippen LogP contribution < -0.4 is 10.6 Å². The number of anilines is 1. The second-order valence-electron chi connectivity index (χ2n) is 6.91. The number of aromatic nitrogens is 2. The fourth-order valence-electron chi connectivity index (χ4n) is 2.82. The molecule has 0 saturated heterocycles. The van der Waals surface area contributed by atoms with E-state index >= 15 is 0 Å². The zero-order chi connectivity index (χ0) is 22.9. The third kappa shape index (κ3) is 6.86. The summed E-state index contributed by atoms with van der Waals surface area (Å²) in [6.45, 7) is 2.05. The van der Waals surface area contributed by atoms with Crippen LogP contribution in [0.25, 0.3) is 0 Å². The lowest BCUT2D eigenvalue weighted by atomic mass is 10.0. The molecule has 2 N–H and O–H groups in total. The normalized spacial score (nSPS) is 11.6. The molecule has 6 nitrogen and oxygen atoms in total. The number of hydrogen-bond acceptors (Lipinski definition) is 5. The average molecular weight is 517 g/mol. The summed E-state index contributed by atoms with van der Waals surface area (Å²) < 4.78 is 13.6. The standard InChI is InChI=1S/C23H22BrFN4O2S/c1-2-12-32-23-26-14-18(24)20(29-23)22(31)28-19(13-15-6-4-3-5-7-15)21(30)27-17-10-8-16(25)9-11-17/h3-11,14,19H,2,12-13H2,1H3,(H,27,30)(H,28,31)/t19-/m0/s1. The first-order chi connectivity index (χ1) is 15.5. The summed E-state index contributed by atoms with van der Waals surface area (Å²) in [6, 6.07) is 13.9. The van der Waals surface area contributed by atoms with Crippen molar-refractivity contribution in [3.05, 3.63) is 82.3 Å². The number of carbonyl (C=O) groups excluding carboxylic acids is 2. The van der Waals surface area contributed by atoms with Crippen molar-refractivity contribution in [3.63, 3.8) is 0 Å². The van der Waals surface area contributed by atoms with Gasteiger partial charge >= 0.3 is 0 Å². The summed E-state index contributed by atoms with van der Waals surface area (Å²) in [5, 5.41) is 6.01. The fraction of sp³-hybridized carbons (Fsp3) is 0.217. The Morgan fingerprint density at radius 1 is 1.12 bits per heavy atom. The van der Waals surface area contributed by atoms with Crippen LogP contribution in [0.3, 0.4) is 0 Å². The molecule has 32 heavy (non-hydrogen) atoms. The molecule has 0 radical (unpaired) electrons. The highest BCUT2D eigenvalue weighted by Gasteiger charge is 2.24. The Morgan fingerprint density at radius 2 is 1.84 bits per heavy atom. The van der Waals surface area contributed by atoms with E-state index in [2.05, 4.69) is 36.5 Å². The van der Waals surface area contributed by atoms with Crippen LogP contribution in [0.5, 0.6) is 0 Å². The van der Waals surface area contributed by atoms with Crippen molar-refractivity contribution < 1.29 is 14.0 Å². The van der Waals surface area contributed by atoms with Gasteiger partial charge < -0.3 is 10.6 Å². The average Bonchev–Trinajstić information content (AvgIpc) is 2.80. The molecule has 3 rings (SSSR count). The van der Waals surface area contributed by atoms with Crippen molar-refractivity contribution in [1.82, 2.24) is 15.3 Å². The quantitative estimate of drug-likeness (QED) is 0.313. The van der Waals surface area contributed by atoms with Crippen LogP contribution in [0.1, 0.15) is 29.4 Å². The van der Waals surface area contributed by atoms with Crippen LogP contribution in [0.2, 0.25) is 0 Å². The molecule has 9 heteroatoms. The van der Waals surface area contributed by atoms with Gasteiger partial charge in [0.2, 0.25) is 5.91 Å². The molecular formula is C23H22BrFN4O2S. The highest BCUT2D eigenvalue weighted by Crippen LogP contribution is 2.20. The number of rotatable bonds is 9. The van der Waals surface area contributed by atoms with E-state index in [0.29, 0.717) is 15.3 Å². The predicted molar refractivity (Wildman–Crippen MR) is 127 cm³/mol. The summed E-state index contributed by atoms with van der Waals surface area (Å²) >= 11 is 4.78. The largest absolute Gasteiger partial charge is 0.339 e. The van der Waals surface area contributed by atoms with E-state index in [-0.39, 0.29) is 12.1 Å². The van der Waals surface area contributed by atoms with Crippen molar-refractivity contribution in [2.45, 2.75) is 31.0 Å². The number of halogens is 2. The Morgan fingerprint density at radius 3 is 2.53 bits per heavy atom. The Hall–Kier alpha value is -2.78. The summed E-state index contributed by atoms with van der Waals surface area (Å²) in [4.78, 5) is 34.6. The Kier molecular flexibility index (Phi) is 8.75. The van der Waals surface area contributed by atoms with Gasteiger partial charge in [-0.2, -0.15) is 0 Å². The van der Waals surface area contributed by atoms with Crippen LogP contribution >= 0.6 is 27.7 Å². The molecule has 0 fully saturated rings. The lowest BCUT2D eigenvalue weighted by Gasteiger charge is -2.19. The molecule has 3 aromatic rings. The first-order valence-corrected chi connectivity index (χ1v) is 11.8. The zero-order valence-corrected chi connectivity index (χ0v) is 19.7. The van der Waals surface area contributed by atoms with Crippen LogP contribution in [-0.2, 0) is 11.2 Å². The topological polar surface area (TPSA) is 84.0 Å². The summed E-state index contributed by atoms with van der Waals surface area (Å²) in [5.41, 5.74) is 1.48. The maximum Gasteiger partial charge on any atom is 0.271 e. The van der Waals surface area contributed by atoms with Crippen molar-refractivity contribution in [1.29, 1.82) is 0 Å². The molecule has 166 valence electrons. The fourth-order valence-corrected chi connectivity index (χ4v) is 3.86. The Labute approximate surface area is 198 Å². The zero-order valence-electron chi connectivity index (χ0n) is 17.3. The summed E-state index contributed by atoms with van der Waals surface area (Å²) in [5.74, 6) is -0.478. The lowest BCUT2D eigenvalue weighted by Crippen LogP contribution is -2.45. The van der Waals surface area contributed by atoms with E-state index in [9.17, 15) is 14.0 Å². The van der Waals surface area contributed by atoms with Gasteiger partial charge in [0, 0.05) is 24.1 Å². The summed E-state index contributed by atoms with van der Waals surface area (Å²) in [6.07, 6.45) is 2.76. The molecule has 0 spiro atoms. The number of benzene rings is 2. The molecule has 1 heterocycles. The molecule has 2 aromatic carbocycles. The molecule has 1 atom stereocenters. The molecule has 0 saturated carbocycles. The predicted octanol–water partition coefficient (Wildman–Crippen LogP) is 4.86. The van der Waals surface area contributed by atoms with E-state index < -0.39 is 23.7 Å². The minimum absolute atomic E-state index is 0.159. The van der Waals surface area contributed by atoms with Gasteiger partial charge in [-0.15, -0.1) is 0 Å². The highest BCUT2D eigenvalue weighted by atomic mass is 79.9. The van der Waals surface area contributed by atoms with Gasteiger partial charge in [-0.3, -0.25) is 9.59 Å². The number of thioether (sulfide) groups is 1. The number of nitrogens with zero attached hydrogens (tertiary/aromatic N) is 2. The molecule has 2 amide bonds. The third-order valence-corrected chi connectivity index (χ3v) is 6.04. The molecule has 0 aliphatic rings. The van der Waals surface area contributed by atoms with Crippen LogP contribution in [0.15, 0.2) is 70.4 Å². The van der Waals surface area contributed by atoms with Crippen LogP contribution in [0, 0.1) is 5.82 Å². The first kappa shape index (κ1) is 23.9. The smallest absolute Gasteiger partial charge is 0.271 e. The van der Waals surface area contributed by atoms with Gasteiger partial charge in [0.25, 0.3) is 5.91 Å². The number of nitrogens with one attached hydrogen (secondary N) is 2. The minimum Gasteiger partial charge on any atom is -0.339 e. The Balaban J connectivity index is 1.80. The number of hydrogen-bond donors (Lipinski definition) is 2. The van der Waals surface area contributed by atoms with Crippen LogP contribution in [-0.4, -0.2) is 33.6 Å². The molecule has 1 aromatic heterocycles. The van der Waals surface area contributed by atoms with Crippen LogP contribution in [0.4, 0.5) is 10.1 Å². The van der Waals surface area contributed by atoms with E-state index in [4.69, 9.17) is 0 Å². The molecule has 0 bridgehead atoms. The highest BCUT2D eigenvalue weighted by molar-refractivity contribution is 9.10. The maximum absolute atomic E-state index is 13.2. The van der Waals surface area contributed by atoms with Gasteiger partial charge in [-0.05, 0) is 52.2 Å². The third-order valence-electron chi connectivity index (χ3n) is 4.39. The number of amides is 2. The lowest BCUT2D eigenvalue weighted by molar-refractivity contribution is -0.118. The maximum atomic E-state index is 13.2. The van der Waals surface area contributed by atoms with E-state index in [1.54, 1.807) is 0 Å². The van der Waals surface area contributed by atoms with Gasteiger partial charge in [0.15, 0.2) is 5.16 Å². The van der Waals surface area contributed by atoms with E-state index in [0.717, 1.165) is 17.7 Å². The molecular weight excluding hydrogens is 495 g/mol. The Bertz CT molecular complexity index is 1070. The van der Waals surface area contributed by atoms with Crippen molar-refractivity contribution in [2.75, 3.05) is 11.1 Å². The molecule has 0 aliphatic carbocycles. The monoisotopic (exact) mass is 516 g/mol. The minimum atomic E-state index is -0.872. The van der Waals surface area contributed by atoms with Gasteiger partial charge in [-0.1, -0.05) is 49.0 Å². The van der Waals surface area contributed by atoms with Crippen molar-refractivity contribution in [3.8, 4) is 0 Å². The summed E-state index contributed by atoms with van der Waals surface area (Å²) in [7, 11) is 0. The molecule has 0 unspecified atom stereocenters. The van der Waals surface area contributed by atoms with E-state index in [1.165, 1.54) is 42.2 Å². The second-order valence-corrected chi connectivity index (χ2v) is 8.83. The van der Waals surface area contributed by atoms with Crippen molar-refractivity contribution in [2.24, 2.45) is 0 Å². The van der Waals surface area contributed by atoms with Gasteiger partial charge in [-0.25, -0.2) is 14.4 Å². The SMILES string of the molecule is CCCSc1ncc(Br)c(C(=O)N[C@@H](Cc2ccccc2)C(=O)Nc2ccc(F)cc2)n1.